The molecule has 0 aliphatic rings. The van der Waals surface area contributed by atoms with Crippen LogP contribution in [0.2, 0.25) is 0 Å². The zero-order chi connectivity index (χ0) is 18.7. The normalized spacial score (nSPS) is 16.8. The van der Waals surface area contributed by atoms with Gasteiger partial charge in [-0.05, 0) is 31.0 Å². The van der Waals surface area contributed by atoms with Gasteiger partial charge in [0.05, 0.1) is 11.0 Å². The highest BCUT2D eigenvalue weighted by Crippen LogP contribution is 2.36. The molecule has 2 rings (SSSR count). The summed E-state index contributed by atoms with van der Waals surface area (Å²) < 4.78 is 36.8. The van der Waals surface area contributed by atoms with Crippen molar-refractivity contribution in [1.29, 1.82) is 0 Å². The minimum Gasteiger partial charge on any atom is -0.390 e. The molecule has 7 heteroatoms. The third kappa shape index (κ3) is 4.31. The van der Waals surface area contributed by atoms with Crippen molar-refractivity contribution < 1.29 is 17.7 Å². The third-order valence-electron chi connectivity index (χ3n) is 3.96. The summed E-state index contributed by atoms with van der Waals surface area (Å²) in [5.41, 5.74) is 1.59. The van der Waals surface area contributed by atoms with Gasteiger partial charge in [0.15, 0.2) is 14.0 Å². The monoisotopic (exact) mass is 400 g/mol. The maximum absolute atomic E-state index is 13.0. The quantitative estimate of drug-likeness (QED) is 0.571. The molecule has 0 spiro atoms. The first-order valence-electron chi connectivity index (χ1n) is 7.87. The van der Waals surface area contributed by atoms with Crippen LogP contribution in [0.1, 0.15) is 24.5 Å². The summed E-state index contributed by atoms with van der Waals surface area (Å²) in [5, 5.41) is 10.4. The topological polar surface area (TPSA) is 71.4 Å². The Morgan fingerprint density at radius 1 is 1.12 bits per heavy atom. The molecule has 1 unspecified atom stereocenters. The predicted octanol–water partition coefficient (Wildman–Crippen LogP) is 3.38. The third-order valence-corrected chi connectivity index (χ3v) is 9.92. The van der Waals surface area contributed by atoms with Gasteiger partial charge in [0.2, 0.25) is 0 Å². The number of aliphatic hydroxyl groups is 1. The van der Waals surface area contributed by atoms with Crippen molar-refractivity contribution >= 4 is 30.3 Å². The van der Waals surface area contributed by atoms with E-state index in [0.29, 0.717) is 5.56 Å². The number of alkyl halides is 1. The molecule has 2 aromatic carbocycles. The van der Waals surface area contributed by atoms with E-state index < -0.39 is 29.0 Å². The van der Waals surface area contributed by atoms with Gasteiger partial charge in [0.1, 0.15) is 0 Å². The van der Waals surface area contributed by atoms with Crippen molar-refractivity contribution in [2.45, 2.75) is 41.9 Å². The summed E-state index contributed by atoms with van der Waals surface area (Å²) in [6, 6.07) is 15.0. The second-order valence-corrected chi connectivity index (χ2v) is 11.6. The van der Waals surface area contributed by atoms with E-state index in [2.05, 4.69) is 0 Å². The van der Waals surface area contributed by atoms with Crippen molar-refractivity contribution in [2.75, 3.05) is 0 Å². The Bertz CT molecular complexity index is 835. The molecule has 0 aliphatic heterocycles. The summed E-state index contributed by atoms with van der Waals surface area (Å²) in [5.74, 6) is 0. The molecule has 0 aliphatic carbocycles. The fraction of sp³-hybridized carbons (Fsp3) is 0.333. The number of benzene rings is 2. The molecule has 2 aromatic rings. The fourth-order valence-electron chi connectivity index (χ4n) is 2.44. The molecule has 0 amide bonds. The molecule has 0 aromatic heterocycles. The number of hydrogen-bond donors (Lipinski definition) is 1. The number of aliphatic hydroxyl groups excluding tert-OH is 1. The largest absolute Gasteiger partial charge is 0.390 e. The number of hydrogen-bond acceptors (Lipinski definition) is 4. The van der Waals surface area contributed by atoms with E-state index in [1.54, 1.807) is 43.3 Å². The van der Waals surface area contributed by atoms with Gasteiger partial charge in [0.25, 0.3) is 8.87 Å². The second kappa shape index (κ2) is 7.99. The maximum atomic E-state index is 13.0. The van der Waals surface area contributed by atoms with Crippen LogP contribution in [0.15, 0.2) is 59.5 Å². The zero-order valence-corrected chi connectivity index (χ0v) is 16.4. The standard InChI is InChI=1S/C18H21ClO4S2/c1-3-17(20)18(19,13-15-7-5-4-6-8-15)24(21)25(22,23)16-11-9-14(2)10-12-16/h4-12,17,20H,3,13H2,1-2H3/t17-,18+,24?/m0/s1. The first kappa shape index (κ1) is 20.1. The van der Waals surface area contributed by atoms with Gasteiger partial charge in [0, 0.05) is 6.42 Å². The Kier molecular flexibility index (Phi) is 6.43. The summed E-state index contributed by atoms with van der Waals surface area (Å²) in [6.45, 7) is 3.50. The molecule has 0 bridgehead atoms. The summed E-state index contributed by atoms with van der Waals surface area (Å²) in [4.78, 5) is -0.0715. The molecule has 136 valence electrons. The second-order valence-electron chi connectivity index (χ2n) is 5.87. The van der Waals surface area contributed by atoms with Gasteiger partial charge in [-0.3, -0.25) is 0 Å². The van der Waals surface area contributed by atoms with Crippen LogP contribution in [0.3, 0.4) is 0 Å². The Morgan fingerprint density at radius 2 is 1.68 bits per heavy atom. The van der Waals surface area contributed by atoms with Gasteiger partial charge < -0.3 is 5.11 Å². The molecule has 0 saturated carbocycles. The lowest BCUT2D eigenvalue weighted by atomic mass is 10.0. The highest BCUT2D eigenvalue weighted by atomic mass is 35.5. The van der Waals surface area contributed by atoms with Gasteiger partial charge in [-0.15, -0.1) is 11.6 Å². The predicted molar refractivity (Wildman–Crippen MR) is 102 cm³/mol. The molecule has 0 saturated heterocycles. The highest BCUT2D eigenvalue weighted by Gasteiger charge is 2.48. The van der Waals surface area contributed by atoms with Crippen LogP contribution in [0.5, 0.6) is 0 Å². The molecule has 0 heterocycles. The summed E-state index contributed by atoms with van der Waals surface area (Å²) in [6.07, 6.45) is -1.08. The van der Waals surface area contributed by atoms with E-state index in [-0.39, 0.29) is 17.7 Å². The van der Waals surface area contributed by atoms with Gasteiger partial charge in [-0.1, -0.05) is 55.0 Å². The lowest BCUT2D eigenvalue weighted by molar-refractivity contribution is 0.152. The lowest BCUT2D eigenvalue weighted by Crippen LogP contribution is -2.45. The van der Waals surface area contributed by atoms with Gasteiger partial charge in [-0.2, -0.15) is 0 Å². The van der Waals surface area contributed by atoms with E-state index >= 15 is 0 Å². The molecule has 4 nitrogen and oxygen atoms in total. The Balaban J connectivity index is 2.46. The summed E-state index contributed by atoms with van der Waals surface area (Å²) in [7, 11) is -6.74. The maximum Gasteiger partial charge on any atom is 0.259 e. The van der Waals surface area contributed by atoms with Crippen LogP contribution < -0.4 is 0 Å². The van der Waals surface area contributed by atoms with Crippen molar-refractivity contribution in [1.82, 2.24) is 0 Å². The number of halogens is 1. The highest BCUT2D eigenvalue weighted by molar-refractivity contribution is 8.65. The average molecular weight is 401 g/mol. The van der Waals surface area contributed by atoms with E-state index in [9.17, 15) is 17.7 Å². The Morgan fingerprint density at radius 3 is 2.20 bits per heavy atom. The van der Waals surface area contributed by atoms with Crippen molar-refractivity contribution in [3.8, 4) is 0 Å². The minimum absolute atomic E-state index is 0.0257. The average Bonchev–Trinajstić information content (AvgIpc) is 2.61. The first-order valence-corrected chi connectivity index (χ1v) is 11.4. The number of rotatable bonds is 7. The molecule has 0 fully saturated rings. The van der Waals surface area contributed by atoms with Crippen molar-refractivity contribution in [2.24, 2.45) is 0 Å². The van der Waals surface area contributed by atoms with Crippen LogP contribution in [-0.4, -0.2) is 28.0 Å². The number of aryl methyl sites for hydroxylation is 1. The molecular weight excluding hydrogens is 380 g/mol. The van der Waals surface area contributed by atoms with Crippen LogP contribution in [0.4, 0.5) is 0 Å². The zero-order valence-electron chi connectivity index (χ0n) is 14.1. The molecule has 25 heavy (non-hydrogen) atoms. The smallest absolute Gasteiger partial charge is 0.259 e. The summed E-state index contributed by atoms with van der Waals surface area (Å²) >= 11 is 6.51. The van der Waals surface area contributed by atoms with E-state index in [1.165, 1.54) is 12.1 Å². The fourth-order valence-corrected chi connectivity index (χ4v) is 7.64. The first-order chi connectivity index (χ1) is 11.7. The Hall–Kier alpha value is -1.21. The van der Waals surface area contributed by atoms with Gasteiger partial charge >= 0.3 is 0 Å². The molecule has 1 N–H and O–H groups in total. The Labute approximate surface area is 155 Å². The lowest BCUT2D eigenvalue weighted by Gasteiger charge is -2.30. The van der Waals surface area contributed by atoms with Crippen LogP contribution >= 0.6 is 11.6 Å². The van der Waals surface area contributed by atoms with Crippen molar-refractivity contribution in [3.63, 3.8) is 0 Å². The van der Waals surface area contributed by atoms with E-state index in [4.69, 9.17) is 11.6 Å². The van der Waals surface area contributed by atoms with E-state index in [1.807, 2.05) is 13.0 Å². The minimum atomic E-state index is -4.21. The molecule has 3 atom stereocenters. The SMILES string of the molecule is CC[C@H](O)[C@@](Cl)(Cc1ccccc1)S(=O)S(=O)(=O)c1ccc(C)cc1. The van der Waals surface area contributed by atoms with Crippen LogP contribution in [0.25, 0.3) is 0 Å². The molecule has 0 radical (unpaired) electrons. The van der Waals surface area contributed by atoms with Gasteiger partial charge in [-0.25, -0.2) is 12.6 Å². The van der Waals surface area contributed by atoms with E-state index in [0.717, 1.165) is 5.56 Å². The van der Waals surface area contributed by atoms with Crippen molar-refractivity contribution in [3.05, 3.63) is 65.7 Å². The van der Waals surface area contributed by atoms with Crippen LogP contribution in [0, 0.1) is 6.92 Å². The molecular formula is C18H21ClO4S2. The van der Waals surface area contributed by atoms with Crippen LogP contribution in [-0.2, 0) is 25.1 Å².